The van der Waals surface area contributed by atoms with E-state index in [0.29, 0.717) is 6.42 Å². The van der Waals surface area contributed by atoms with E-state index in [1.807, 2.05) is 34.6 Å². The predicted octanol–water partition coefficient (Wildman–Crippen LogP) is 3.72. The van der Waals surface area contributed by atoms with Gasteiger partial charge in [0.1, 0.15) is 5.60 Å². The molecular weight excluding hydrogens is 256 g/mol. The molecule has 0 aromatic heterocycles. The van der Waals surface area contributed by atoms with Gasteiger partial charge < -0.3 is 9.47 Å². The zero-order valence-corrected chi connectivity index (χ0v) is 14.4. The Morgan fingerprint density at radius 2 is 1.35 bits per heavy atom. The van der Waals surface area contributed by atoms with Crippen molar-refractivity contribution < 1.29 is 19.1 Å². The van der Waals surface area contributed by atoms with E-state index in [-0.39, 0.29) is 11.9 Å². The Labute approximate surface area is 123 Å². The number of hydrogen-bond donors (Lipinski definition) is 0. The van der Waals surface area contributed by atoms with Crippen LogP contribution in [0.1, 0.15) is 68.7 Å². The van der Waals surface area contributed by atoms with Crippen LogP contribution in [0.5, 0.6) is 0 Å². The first-order valence-electron chi connectivity index (χ1n) is 7.23. The maximum absolute atomic E-state index is 12.2. The van der Waals surface area contributed by atoms with Gasteiger partial charge in [0, 0.05) is 0 Å². The predicted molar refractivity (Wildman–Crippen MR) is 79.3 cm³/mol. The highest BCUT2D eigenvalue weighted by Gasteiger charge is 2.41. The normalized spacial score (nSPS) is 13.3. The third-order valence-corrected chi connectivity index (χ3v) is 4.02. The molecule has 0 aliphatic heterocycles. The SMILES string of the molecule is CCC(C)(C)C(=O)OC(C)(C)C(=O)OC(C)(C)C(C)C. The van der Waals surface area contributed by atoms with Crippen LogP contribution in [-0.2, 0) is 19.1 Å². The molecule has 0 aromatic carbocycles. The smallest absolute Gasteiger partial charge is 0.350 e. The van der Waals surface area contributed by atoms with Gasteiger partial charge >= 0.3 is 11.9 Å². The molecule has 0 amide bonds. The van der Waals surface area contributed by atoms with Crippen LogP contribution >= 0.6 is 0 Å². The van der Waals surface area contributed by atoms with Crippen LogP contribution in [0.3, 0.4) is 0 Å². The molecule has 0 radical (unpaired) electrons. The third kappa shape index (κ3) is 4.80. The Bertz CT molecular complexity index is 365. The lowest BCUT2D eigenvalue weighted by Gasteiger charge is -2.34. The summed E-state index contributed by atoms with van der Waals surface area (Å²) >= 11 is 0. The summed E-state index contributed by atoms with van der Waals surface area (Å²) in [6.07, 6.45) is 0.647. The lowest BCUT2D eigenvalue weighted by atomic mass is 9.90. The fourth-order valence-electron chi connectivity index (χ4n) is 1.04. The molecule has 4 heteroatoms. The molecule has 0 heterocycles. The molecule has 20 heavy (non-hydrogen) atoms. The van der Waals surface area contributed by atoms with Crippen molar-refractivity contribution in [1.29, 1.82) is 0 Å². The zero-order valence-electron chi connectivity index (χ0n) is 14.4. The van der Waals surface area contributed by atoms with Crippen molar-refractivity contribution in [1.82, 2.24) is 0 Å². The molecule has 0 rings (SSSR count). The molecule has 0 bridgehead atoms. The van der Waals surface area contributed by atoms with Gasteiger partial charge in [-0.1, -0.05) is 20.8 Å². The van der Waals surface area contributed by atoms with Crippen molar-refractivity contribution in [2.24, 2.45) is 11.3 Å². The monoisotopic (exact) mass is 286 g/mol. The molecular formula is C16H30O4. The molecule has 0 N–H and O–H groups in total. The summed E-state index contributed by atoms with van der Waals surface area (Å²) in [5, 5.41) is 0. The van der Waals surface area contributed by atoms with E-state index in [0.717, 1.165) is 0 Å². The highest BCUT2D eigenvalue weighted by Crippen LogP contribution is 2.28. The van der Waals surface area contributed by atoms with Crippen LogP contribution < -0.4 is 0 Å². The van der Waals surface area contributed by atoms with Gasteiger partial charge in [0.2, 0.25) is 5.60 Å². The average molecular weight is 286 g/mol. The second-order valence-electron chi connectivity index (χ2n) is 7.28. The minimum absolute atomic E-state index is 0.171. The number of rotatable bonds is 6. The van der Waals surface area contributed by atoms with Gasteiger partial charge in [-0.15, -0.1) is 0 Å². The van der Waals surface area contributed by atoms with Crippen LogP contribution in [0.15, 0.2) is 0 Å². The fraction of sp³-hybridized carbons (Fsp3) is 0.875. The number of ether oxygens (including phenoxy) is 2. The summed E-state index contributed by atoms with van der Waals surface area (Å²) < 4.78 is 10.9. The van der Waals surface area contributed by atoms with Gasteiger partial charge in [0.25, 0.3) is 0 Å². The van der Waals surface area contributed by atoms with Crippen molar-refractivity contribution in [3.05, 3.63) is 0 Å². The van der Waals surface area contributed by atoms with Crippen molar-refractivity contribution in [3.8, 4) is 0 Å². The van der Waals surface area contributed by atoms with Gasteiger partial charge in [-0.05, 0) is 53.9 Å². The summed E-state index contributed by atoms with van der Waals surface area (Å²) in [6, 6.07) is 0. The lowest BCUT2D eigenvalue weighted by Crippen LogP contribution is -2.46. The fourth-order valence-corrected chi connectivity index (χ4v) is 1.04. The minimum atomic E-state index is -1.28. The quantitative estimate of drug-likeness (QED) is 0.698. The Morgan fingerprint density at radius 3 is 1.70 bits per heavy atom. The largest absolute Gasteiger partial charge is 0.456 e. The van der Waals surface area contributed by atoms with Gasteiger partial charge in [0.15, 0.2) is 0 Å². The summed E-state index contributed by atoms with van der Waals surface area (Å²) in [4.78, 5) is 24.3. The van der Waals surface area contributed by atoms with Crippen LogP contribution in [0.4, 0.5) is 0 Å². The molecule has 0 spiro atoms. The average Bonchev–Trinajstić information content (AvgIpc) is 2.27. The van der Waals surface area contributed by atoms with E-state index in [1.54, 1.807) is 27.7 Å². The standard InChI is InChI=1S/C16H30O4/c1-10-14(4,5)12(17)19-16(8,9)13(18)20-15(6,7)11(2)3/h11H,10H2,1-9H3. The van der Waals surface area contributed by atoms with E-state index in [9.17, 15) is 9.59 Å². The van der Waals surface area contributed by atoms with Crippen LogP contribution in [0.25, 0.3) is 0 Å². The third-order valence-electron chi connectivity index (χ3n) is 4.02. The van der Waals surface area contributed by atoms with E-state index < -0.39 is 22.6 Å². The summed E-state index contributed by atoms with van der Waals surface area (Å²) in [6.45, 7) is 16.3. The first kappa shape index (κ1) is 18.9. The van der Waals surface area contributed by atoms with Crippen molar-refractivity contribution in [2.45, 2.75) is 79.9 Å². The lowest BCUT2D eigenvalue weighted by molar-refractivity contribution is -0.194. The van der Waals surface area contributed by atoms with Crippen molar-refractivity contribution >= 4 is 11.9 Å². The van der Waals surface area contributed by atoms with Crippen molar-refractivity contribution in [2.75, 3.05) is 0 Å². The van der Waals surface area contributed by atoms with Gasteiger partial charge in [-0.2, -0.15) is 0 Å². The zero-order chi connectivity index (χ0) is 16.4. The maximum Gasteiger partial charge on any atom is 0.350 e. The second kappa shape index (κ2) is 6.15. The molecule has 4 nitrogen and oxygen atoms in total. The van der Waals surface area contributed by atoms with Crippen LogP contribution in [0.2, 0.25) is 0 Å². The maximum atomic E-state index is 12.2. The topological polar surface area (TPSA) is 52.6 Å². The van der Waals surface area contributed by atoms with Gasteiger partial charge in [0.05, 0.1) is 5.41 Å². The number of esters is 2. The Hall–Kier alpha value is -1.06. The van der Waals surface area contributed by atoms with Crippen LogP contribution in [-0.4, -0.2) is 23.1 Å². The molecule has 0 saturated heterocycles. The van der Waals surface area contributed by atoms with E-state index in [2.05, 4.69) is 0 Å². The summed E-state index contributed by atoms with van der Waals surface area (Å²) in [7, 11) is 0. The van der Waals surface area contributed by atoms with E-state index >= 15 is 0 Å². The van der Waals surface area contributed by atoms with Gasteiger partial charge in [-0.3, -0.25) is 4.79 Å². The first-order valence-corrected chi connectivity index (χ1v) is 7.23. The Balaban J connectivity index is 4.90. The molecule has 0 saturated carbocycles. The highest BCUT2D eigenvalue weighted by molar-refractivity contribution is 5.84. The summed E-state index contributed by atoms with van der Waals surface area (Å²) in [5.74, 6) is -0.731. The van der Waals surface area contributed by atoms with Gasteiger partial charge in [-0.25, -0.2) is 4.79 Å². The van der Waals surface area contributed by atoms with Crippen molar-refractivity contribution in [3.63, 3.8) is 0 Å². The minimum Gasteiger partial charge on any atom is -0.456 e. The molecule has 0 unspecified atom stereocenters. The highest BCUT2D eigenvalue weighted by atomic mass is 16.6. The number of carbonyl (C=O) groups is 2. The molecule has 0 fully saturated rings. The first-order chi connectivity index (χ1) is 8.76. The second-order valence-corrected chi connectivity index (χ2v) is 7.28. The summed E-state index contributed by atoms with van der Waals surface area (Å²) in [5.41, 5.74) is -2.48. The molecule has 0 aromatic rings. The Morgan fingerprint density at radius 1 is 0.900 bits per heavy atom. The molecule has 0 aliphatic rings. The molecule has 0 atom stereocenters. The van der Waals surface area contributed by atoms with E-state index in [1.165, 1.54) is 0 Å². The Kier molecular flexibility index (Phi) is 5.82. The van der Waals surface area contributed by atoms with Crippen LogP contribution in [0, 0.1) is 11.3 Å². The van der Waals surface area contributed by atoms with E-state index in [4.69, 9.17) is 9.47 Å². The number of hydrogen-bond acceptors (Lipinski definition) is 4. The molecule has 118 valence electrons. The number of carbonyl (C=O) groups excluding carboxylic acids is 2. The molecule has 0 aliphatic carbocycles.